The SMILES string of the molecule is COC(C)O[O][Al][O]C(C)C. The zero-order valence-electron chi connectivity index (χ0n) is 7.37. The highest BCUT2D eigenvalue weighted by atomic mass is 27.2. The van der Waals surface area contributed by atoms with Gasteiger partial charge in [0.15, 0.2) is 6.29 Å². The Bertz CT molecular complexity index is 88.7. The van der Waals surface area contributed by atoms with Gasteiger partial charge in [-0.05, 0) is 20.8 Å². The van der Waals surface area contributed by atoms with E-state index in [1.807, 2.05) is 13.8 Å². The topological polar surface area (TPSA) is 36.9 Å². The largest absolute Gasteiger partial charge is 0.702 e. The molecule has 65 valence electrons. The van der Waals surface area contributed by atoms with Crippen molar-refractivity contribution >= 4 is 15.9 Å². The third-order valence-corrected chi connectivity index (χ3v) is 1.74. The third-order valence-electron chi connectivity index (χ3n) is 0.890. The van der Waals surface area contributed by atoms with Crippen molar-refractivity contribution in [3.63, 3.8) is 0 Å². The molecule has 0 amide bonds. The molecule has 11 heavy (non-hydrogen) atoms. The first-order chi connectivity index (χ1) is 5.16. The van der Waals surface area contributed by atoms with E-state index in [0.717, 1.165) is 0 Å². The summed E-state index contributed by atoms with van der Waals surface area (Å²) in [6, 6.07) is 0. The molecule has 4 nitrogen and oxygen atoms in total. The monoisotopic (exact) mass is 177 g/mol. The van der Waals surface area contributed by atoms with E-state index in [1.165, 1.54) is 0 Å². The molecule has 0 saturated carbocycles. The molecule has 1 radical (unpaired) electrons. The first-order valence-corrected chi connectivity index (χ1v) is 4.43. The molecule has 0 aliphatic carbocycles. The number of rotatable bonds is 6. The zero-order chi connectivity index (χ0) is 8.69. The molecule has 0 aliphatic rings. The Kier molecular flexibility index (Phi) is 7.28. The molecular formula is C6H14AlO4. The molecule has 0 fully saturated rings. The van der Waals surface area contributed by atoms with E-state index in [2.05, 4.69) is 0 Å². The van der Waals surface area contributed by atoms with Crippen LogP contribution in [0.5, 0.6) is 0 Å². The molecule has 0 spiro atoms. The van der Waals surface area contributed by atoms with Crippen LogP contribution in [0.4, 0.5) is 0 Å². The number of hydrogen-bond acceptors (Lipinski definition) is 4. The highest BCUT2D eigenvalue weighted by molar-refractivity contribution is 6.17. The van der Waals surface area contributed by atoms with Crippen molar-refractivity contribution < 1.29 is 17.4 Å². The summed E-state index contributed by atoms with van der Waals surface area (Å²) < 4.78 is 14.6. The molecule has 0 aromatic carbocycles. The Morgan fingerprint density at radius 2 is 1.82 bits per heavy atom. The summed E-state index contributed by atoms with van der Waals surface area (Å²) in [6.07, 6.45) is -0.148. The minimum absolute atomic E-state index is 0.187. The molecule has 0 rings (SSSR count). The van der Waals surface area contributed by atoms with Crippen molar-refractivity contribution in [3.05, 3.63) is 0 Å². The predicted molar refractivity (Wildman–Crippen MR) is 40.6 cm³/mol. The predicted octanol–water partition coefficient (Wildman–Crippen LogP) is 0.886. The summed E-state index contributed by atoms with van der Waals surface area (Å²) in [5, 5.41) is 0. The van der Waals surface area contributed by atoms with E-state index in [0.29, 0.717) is 0 Å². The minimum atomic E-state index is -0.542. The van der Waals surface area contributed by atoms with Gasteiger partial charge in [-0.2, -0.15) is 0 Å². The normalized spacial score (nSPS) is 13.5. The van der Waals surface area contributed by atoms with Crippen molar-refractivity contribution in [2.45, 2.75) is 33.2 Å². The molecule has 0 bridgehead atoms. The van der Waals surface area contributed by atoms with Gasteiger partial charge >= 0.3 is 15.9 Å². The second-order valence-corrected chi connectivity index (χ2v) is 2.93. The van der Waals surface area contributed by atoms with Gasteiger partial charge in [0.25, 0.3) is 0 Å². The Hall–Kier alpha value is 0.372. The van der Waals surface area contributed by atoms with Crippen LogP contribution in [0.3, 0.4) is 0 Å². The Labute approximate surface area is 74.1 Å². The van der Waals surface area contributed by atoms with Gasteiger partial charge in [0.1, 0.15) is 0 Å². The van der Waals surface area contributed by atoms with Gasteiger partial charge in [-0.3, -0.25) is 0 Å². The Balaban J connectivity index is 3.01. The van der Waals surface area contributed by atoms with Crippen molar-refractivity contribution in [1.82, 2.24) is 0 Å². The summed E-state index contributed by atoms with van der Waals surface area (Å²) in [5.74, 6) is 0. The molecule has 0 heterocycles. The number of hydrogen-bond donors (Lipinski definition) is 0. The Morgan fingerprint density at radius 3 is 2.27 bits per heavy atom. The average Bonchev–Trinajstić information content (AvgIpc) is 1.97. The minimum Gasteiger partial charge on any atom is -0.480 e. The van der Waals surface area contributed by atoms with E-state index in [9.17, 15) is 0 Å². The number of methoxy groups -OCH3 is 1. The quantitative estimate of drug-likeness (QED) is 0.198. The van der Waals surface area contributed by atoms with Crippen LogP contribution in [0.15, 0.2) is 0 Å². The molecule has 0 aromatic rings. The molecular weight excluding hydrogens is 163 g/mol. The third kappa shape index (κ3) is 8.28. The van der Waals surface area contributed by atoms with Crippen LogP contribution < -0.4 is 0 Å². The summed E-state index contributed by atoms with van der Waals surface area (Å²) in [6.45, 7) is 5.63. The maximum atomic E-state index is 5.12. The molecule has 1 atom stereocenters. The van der Waals surface area contributed by atoms with Gasteiger partial charge in [-0.15, -0.1) is 0 Å². The fourth-order valence-corrected chi connectivity index (χ4v) is 0.743. The van der Waals surface area contributed by atoms with Crippen molar-refractivity contribution in [3.8, 4) is 0 Å². The molecule has 0 aliphatic heterocycles. The highest BCUT2D eigenvalue weighted by Gasteiger charge is 2.04. The van der Waals surface area contributed by atoms with Crippen LogP contribution in [0.1, 0.15) is 20.8 Å². The standard InChI is InChI=1S/C3H8O3.C3H7O.Al/c1-3(5-2)6-4;1-3(2)4;/h3-4H,1-2H3;3H,1-2H3;/q;-1;+2/p-1. The second kappa shape index (κ2) is 7.04. The molecule has 5 heteroatoms. The first-order valence-electron chi connectivity index (χ1n) is 3.49. The van der Waals surface area contributed by atoms with Crippen LogP contribution in [0.25, 0.3) is 0 Å². The second-order valence-electron chi connectivity index (χ2n) is 2.28. The van der Waals surface area contributed by atoms with Gasteiger partial charge < -0.3 is 12.5 Å². The molecule has 0 saturated heterocycles. The fraction of sp³-hybridized carbons (Fsp3) is 1.00. The zero-order valence-corrected chi connectivity index (χ0v) is 8.52. The maximum absolute atomic E-state index is 5.12. The van der Waals surface area contributed by atoms with E-state index in [4.69, 9.17) is 17.4 Å². The van der Waals surface area contributed by atoms with Crippen LogP contribution >= 0.6 is 0 Å². The molecule has 1 unspecified atom stereocenters. The van der Waals surface area contributed by atoms with Gasteiger partial charge in [-0.1, -0.05) is 0 Å². The lowest BCUT2D eigenvalue weighted by atomic mass is 10.5. The van der Waals surface area contributed by atoms with Crippen molar-refractivity contribution in [1.29, 1.82) is 0 Å². The van der Waals surface area contributed by atoms with E-state index in [-0.39, 0.29) is 12.4 Å². The average molecular weight is 177 g/mol. The fourth-order valence-electron chi connectivity index (χ4n) is 0.274. The van der Waals surface area contributed by atoms with Crippen LogP contribution in [-0.4, -0.2) is 35.4 Å². The molecule has 0 N–H and O–H groups in total. The molecule has 0 aromatic heterocycles. The van der Waals surface area contributed by atoms with Crippen LogP contribution in [-0.2, 0) is 17.4 Å². The van der Waals surface area contributed by atoms with E-state index in [1.54, 1.807) is 14.0 Å². The summed E-state index contributed by atoms with van der Waals surface area (Å²) in [7, 11) is 1.55. The van der Waals surface area contributed by atoms with E-state index < -0.39 is 15.9 Å². The van der Waals surface area contributed by atoms with Crippen molar-refractivity contribution in [2.24, 2.45) is 0 Å². The lowest BCUT2D eigenvalue weighted by Gasteiger charge is -2.10. The van der Waals surface area contributed by atoms with Gasteiger partial charge in [0.2, 0.25) is 0 Å². The summed E-state index contributed by atoms with van der Waals surface area (Å²) >= 11 is -0.542. The van der Waals surface area contributed by atoms with Gasteiger partial charge in [-0.25, -0.2) is 4.89 Å². The van der Waals surface area contributed by atoms with E-state index >= 15 is 0 Å². The summed E-state index contributed by atoms with van der Waals surface area (Å²) in [5.41, 5.74) is 0. The maximum Gasteiger partial charge on any atom is 0.702 e. The Morgan fingerprint density at radius 1 is 1.18 bits per heavy atom. The highest BCUT2D eigenvalue weighted by Crippen LogP contribution is 1.92. The lowest BCUT2D eigenvalue weighted by Crippen LogP contribution is -2.16. The van der Waals surface area contributed by atoms with Gasteiger partial charge in [0, 0.05) is 13.2 Å². The smallest absolute Gasteiger partial charge is 0.480 e. The van der Waals surface area contributed by atoms with Crippen LogP contribution in [0.2, 0.25) is 0 Å². The van der Waals surface area contributed by atoms with Crippen molar-refractivity contribution in [2.75, 3.05) is 7.11 Å². The van der Waals surface area contributed by atoms with Gasteiger partial charge in [0.05, 0.1) is 0 Å². The van der Waals surface area contributed by atoms with Crippen LogP contribution in [0, 0.1) is 0 Å². The lowest BCUT2D eigenvalue weighted by molar-refractivity contribution is -0.314. The first kappa shape index (κ1) is 11.4. The summed E-state index contributed by atoms with van der Waals surface area (Å²) in [4.78, 5) is 4.73. The number of ether oxygens (including phenoxy) is 1.